The molecule has 2 rings (SSSR count). The lowest BCUT2D eigenvalue weighted by Crippen LogP contribution is -2.38. The molecule has 0 heterocycles. The Balaban J connectivity index is 1.96. The summed E-state index contributed by atoms with van der Waals surface area (Å²) in [7, 11) is 0. The van der Waals surface area contributed by atoms with Crippen molar-refractivity contribution in [1.82, 2.24) is 5.43 Å². The average Bonchev–Trinajstić information content (AvgIpc) is 3.10. The molecule has 82 valence electrons. The van der Waals surface area contributed by atoms with Crippen molar-refractivity contribution in [2.75, 3.05) is 0 Å². The summed E-state index contributed by atoms with van der Waals surface area (Å²) in [6.45, 7) is 2.18. The molecule has 1 saturated carbocycles. The minimum absolute atomic E-state index is 0.470. The topological polar surface area (TPSA) is 38.0 Å². The van der Waals surface area contributed by atoms with Gasteiger partial charge >= 0.3 is 0 Å². The van der Waals surface area contributed by atoms with Crippen molar-refractivity contribution in [2.45, 2.75) is 38.6 Å². The van der Waals surface area contributed by atoms with Crippen LogP contribution in [0.2, 0.25) is 0 Å². The van der Waals surface area contributed by atoms with Crippen LogP contribution < -0.4 is 11.3 Å². The quantitative estimate of drug-likeness (QED) is 0.569. The maximum Gasteiger partial charge on any atom is 0.0279 e. The highest BCUT2D eigenvalue weighted by Gasteiger charge is 2.30. The van der Waals surface area contributed by atoms with Crippen LogP contribution in [0, 0.1) is 5.92 Å². The van der Waals surface area contributed by atoms with E-state index in [9.17, 15) is 0 Å². The van der Waals surface area contributed by atoms with Crippen molar-refractivity contribution >= 4 is 0 Å². The molecule has 0 amide bonds. The third-order valence-corrected chi connectivity index (χ3v) is 3.29. The van der Waals surface area contributed by atoms with Crippen LogP contribution in [0.4, 0.5) is 0 Å². The molecule has 2 heteroatoms. The van der Waals surface area contributed by atoms with Gasteiger partial charge in [-0.25, -0.2) is 0 Å². The zero-order chi connectivity index (χ0) is 10.7. The standard InChI is InChI=1S/C13H20N2/c1-2-10-3-5-11(6-4-10)9-13(15-14)12-7-8-12/h3-6,12-13,15H,2,7-9,14H2,1H3. The van der Waals surface area contributed by atoms with Gasteiger partial charge in [0.25, 0.3) is 0 Å². The summed E-state index contributed by atoms with van der Waals surface area (Å²) in [5.74, 6) is 6.37. The lowest BCUT2D eigenvalue weighted by atomic mass is 10.0. The summed E-state index contributed by atoms with van der Waals surface area (Å²) in [6.07, 6.45) is 4.84. The smallest absolute Gasteiger partial charge is 0.0279 e. The monoisotopic (exact) mass is 204 g/mol. The summed E-state index contributed by atoms with van der Waals surface area (Å²) < 4.78 is 0. The zero-order valence-electron chi connectivity index (χ0n) is 9.37. The van der Waals surface area contributed by atoms with E-state index in [1.54, 1.807) is 0 Å². The number of rotatable bonds is 5. The van der Waals surface area contributed by atoms with Crippen molar-refractivity contribution in [3.05, 3.63) is 35.4 Å². The van der Waals surface area contributed by atoms with E-state index >= 15 is 0 Å². The largest absolute Gasteiger partial charge is 0.271 e. The van der Waals surface area contributed by atoms with Crippen molar-refractivity contribution in [2.24, 2.45) is 11.8 Å². The van der Waals surface area contributed by atoms with Crippen LogP contribution in [0.5, 0.6) is 0 Å². The first-order chi connectivity index (χ1) is 7.33. The minimum Gasteiger partial charge on any atom is -0.271 e. The predicted molar refractivity (Wildman–Crippen MR) is 63.4 cm³/mol. The molecule has 1 aliphatic carbocycles. The maximum absolute atomic E-state index is 5.57. The van der Waals surface area contributed by atoms with Crippen LogP contribution in [-0.4, -0.2) is 6.04 Å². The Labute approximate surface area is 91.8 Å². The molecule has 1 aliphatic rings. The molecule has 1 atom stereocenters. The summed E-state index contributed by atoms with van der Waals surface area (Å²) in [6, 6.07) is 9.36. The molecule has 0 aliphatic heterocycles. The number of aryl methyl sites for hydroxylation is 1. The fourth-order valence-corrected chi connectivity index (χ4v) is 2.03. The van der Waals surface area contributed by atoms with Crippen LogP contribution in [0.25, 0.3) is 0 Å². The highest BCUT2D eigenvalue weighted by Crippen LogP contribution is 2.33. The number of benzene rings is 1. The SMILES string of the molecule is CCc1ccc(CC(NN)C2CC2)cc1. The van der Waals surface area contributed by atoms with Gasteiger partial charge in [0, 0.05) is 6.04 Å². The summed E-state index contributed by atoms with van der Waals surface area (Å²) >= 11 is 0. The Hall–Kier alpha value is -0.860. The molecule has 1 aromatic carbocycles. The highest BCUT2D eigenvalue weighted by molar-refractivity contribution is 5.23. The summed E-state index contributed by atoms with van der Waals surface area (Å²) in [4.78, 5) is 0. The van der Waals surface area contributed by atoms with E-state index < -0.39 is 0 Å². The molecule has 0 spiro atoms. The van der Waals surface area contributed by atoms with E-state index in [1.165, 1.54) is 24.0 Å². The van der Waals surface area contributed by atoms with Gasteiger partial charge in [-0.15, -0.1) is 0 Å². The first-order valence-corrected chi connectivity index (χ1v) is 5.87. The Bertz CT molecular complexity index is 301. The fourth-order valence-electron chi connectivity index (χ4n) is 2.03. The van der Waals surface area contributed by atoms with Gasteiger partial charge in [-0.2, -0.15) is 0 Å². The third-order valence-electron chi connectivity index (χ3n) is 3.29. The van der Waals surface area contributed by atoms with Crippen molar-refractivity contribution in [3.8, 4) is 0 Å². The van der Waals surface area contributed by atoms with E-state index in [1.807, 2.05) is 0 Å². The zero-order valence-corrected chi connectivity index (χ0v) is 9.37. The van der Waals surface area contributed by atoms with Crippen LogP contribution in [-0.2, 0) is 12.8 Å². The number of nitrogens with two attached hydrogens (primary N) is 1. The van der Waals surface area contributed by atoms with E-state index in [-0.39, 0.29) is 0 Å². The van der Waals surface area contributed by atoms with E-state index in [0.29, 0.717) is 6.04 Å². The molecular formula is C13H20N2. The second-order valence-electron chi connectivity index (χ2n) is 4.48. The maximum atomic E-state index is 5.57. The Morgan fingerprint density at radius 2 is 1.87 bits per heavy atom. The Morgan fingerprint density at radius 1 is 1.27 bits per heavy atom. The number of hydrogen-bond donors (Lipinski definition) is 2. The van der Waals surface area contributed by atoms with Crippen LogP contribution in [0.3, 0.4) is 0 Å². The highest BCUT2D eigenvalue weighted by atomic mass is 15.2. The van der Waals surface area contributed by atoms with Gasteiger partial charge in [-0.1, -0.05) is 31.2 Å². The van der Waals surface area contributed by atoms with Gasteiger partial charge < -0.3 is 0 Å². The fraction of sp³-hybridized carbons (Fsp3) is 0.538. The van der Waals surface area contributed by atoms with Gasteiger partial charge in [0.1, 0.15) is 0 Å². The molecule has 1 aromatic rings. The molecule has 15 heavy (non-hydrogen) atoms. The van der Waals surface area contributed by atoms with Crippen LogP contribution in [0.1, 0.15) is 30.9 Å². The molecule has 1 unspecified atom stereocenters. The molecule has 0 bridgehead atoms. The Kier molecular flexibility index (Phi) is 3.39. The third kappa shape index (κ3) is 2.80. The first kappa shape index (κ1) is 10.7. The first-order valence-electron chi connectivity index (χ1n) is 5.87. The summed E-state index contributed by atoms with van der Waals surface area (Å²) in [5, 5.41) is 0. The lowest BCUT2D eigenvalue weighted by Gasteiger charge is -2.14. The number of nitrogens with one attached hydrogen (secondary N) is 1. The second-order valence-corrected chi connectivity index (χ2v) is 4.48. The molecule has 2 nitrogen and oxygen atoms in total. The van der Waals surface area contributed by atoms with Gasteiger partial charge in [0.15, 0.2) is 0 Å². The average molecular weight is 204 g/mol. The Morgan fingerprint density at radius 3 is 2.33 bits per heavy atom. The molecule has 0 saturated heterocycles. The van der Waals surface area contributed by atoms with Crippen molar-refractivity contribution in [3.63, 3.8) is 0 Å². The van der Waals surface area contributed by atoms with E-state index in [2.05, 4.69) is 36.6 Å². The lowest BCUT2D eigenvalue weighted by molar-refractivity contribution is 0.472. The van der Waals surface area contributed by atoms with E-state index in [0.717, 1.165) is 18.8 Å². The minimum atomic E-state index is 0.470. The normalized spacial score (nSPS) is 17.7. The molecule has 0 radical (unpaired) electrons. The van der Waals surface area contributed by atoms with Gasteiger partial charge in [-0.3, -0.25) is 11.3 Å². The molecule has 3 N–H and O–H groups in total. The summed E-state index contributed by atoms with van der Waals surface area (Å²) in [5.41, 5.74) is 5.74. The van der Waals surface area contributed by atoms with Crippen molar-refractivity contribution in [1.29, 1.82) is 0 Å². The van der Waals surface area contributed by atoms with Gasteiger partial charge in [0.05, 0.1) is 0 Å². The number of hydrazine groups is 1. The van der Waals surface area contributed by atoms with Gasteiger partial charge in [0.2, 0.25) is 0 Å². The second kappa shape index (κ2) is 4.77. The van der Waals surface area contributed by atoms with Crippen molar-refractivity contribution < 1.29 is 0 Å². The van der Waals surface area contributed by atoms with Gasteiger partial charge in [-0.05, 0) is 42.7 Å². The predicted octanol–water partition coefficient (Wildman–Crippen LogP) is 2.03. The van der Waals surface area contributed by atoms with Crippen LogP contribution >= 0.6 is 0 Å². The van der Waals surface area contributed by atoms with E-state index in [4.69, 9.17) is 5.84 Å². The van der Waals surface area contributed by atoms with Crippen LogP contribution in [0.15, 0.2) is 24.3 Å². The molecular weight excluding hydrogens is 184 g/mol. The number of hydrogen-bond acceptors (Lipinski definition) is 2. The molecule has 0 aromatic heterocycles. The molecule has 1 fully saturated rings.